The number of hydrogen-bond acceptors (Lipinski definition) is 7. The summed E-state index contributed by atoms with van der Waals surface area (Å²) >= 11 is 5.97. The third kappa shape index (κ3) is 5.79. The Morgan fingerprint density at radius 2 is 1.82 bits per heavy atom. The third-order valence-electron chi connectivity index (χ3n) is 9.54. The van der Waals surface area contributed by atoms with Gasteiger partial charge in [-0.15, -0.1) is 0 Å². The zero-order valence-corrected chi connectivity index (χ0v) is 26.9. The van der Waals surface area contributed by atoms with Crippen molar-refractivity contribution >= 4 is 22.6 Å². The molecule has 2 saturated heterocycles. The first-order valence-electron chi connectivity index (χ1n) is 15.9. The van der Waals surface area contributed by atoms with Gasteiger partial charge >= 0.3 is 6.18 Å². The van der Waals surface area contributed by atoms with Crippen molar-refractivity contribution in [2.45, 2.75) is 63.3 Å². The summed E-state index contributed by atoms with van der Waals surface area (Å²) in [6.07, 6.45) is -2.33. The van der Waals surface area contributed by atoms with Crippen molar-refractivity contribution in [1.29, 1.82) is 0 Å². The van der Waals surface area contributed by atoms with Crippen LogP contribution in [0, 0.1) is 11.6 Å². The molecule has 5 aromatic rings. The molecule has 2 atom stereocenters. The number of aromatic amines is 1. The maximum atomic E-state index is 15.9. The molecule has 0 saturated carbocycles. The van der Waals surface area contributed by atoms with Crippen molar-refractivity contribution < 1.29 is 36.2 Å². The molecule has 2 aromatic heterocycles. The van der Waals surface area contributed by atoms with E-state index < -0.39 is 35.2 Å². The Morgan fingerprint density at radius 3 is 2.51 bits per heavy atom. The zero-order chi connectivity index (χ0) is 34.1. The lowest BCUT2D eigenvalue weighted by molar-refractivity contribution is -0.144. The zero-order valence-electron chi connectivity index (χ0n) is 26.2. The van der Waals surface area contributed by atoms with Gasteiger partial charge in [0.05, 0.1) is 35.8 Å². The molecule has 3 aromatic carbocycles. The summed E-state index contributed by atoms with van der Waals surface area (Å²) in [5.41, 5.74) is 1.62. The molecular weight excluding hydrogens is 671 g/mol. The molecule has 49 heavy (non-hydrogen) atoms. The number of H-pyrrole nitrogens is 1. The molecule has 1 unspecified atom stereocenters. The molecule has 2 fully saturated rings. The molecule has 0 radical (unpaired) electrons. The number of nitrogens with one attached hydrogen (secondary N) is 1. The van der Waals surface area contributed by atoms with Gasteiger partial charge in [-0.2, -0.15) is 18.3 Å². The number of para-hydroxylation sites is 1. The highest BCUT2D eigenvalue weighted by Gasteiger charge is 2.43. The van der Waals surface area contributed by atoms with Gasteiger partial charge in [-0.3, -0.25) is 10.00 Å². The fourth-order valence-electron chi connectivity index (χ4n) is 6.88. The van der Waals surface area contributed by atoms with Gasteiger partial charge in [0.1, 0.15) is 17.2 Å². The van der Waals surface area contributed by atoms with Gasteiger partial charge in [-0.1, -0.05) is 23.7 Å². The fraction of sp³-hybridized carbons (Fsp3) is 0.382. The second-order valence-corrected chi connectivity index (χ2v) is 13.2. The molecule has 9 nitrogen and oxygen atoms in total. The monoisotopic (exact) mass is 700 g/mol. The molecule has 3 aliphatic heterocycles. The maximum absolute atomic E-state index is 15.9. The molecule has 15 heteroatoms. The molecule has 5 heterocycles. The summed E-state index contributed by atoms with van der Waals surface area (Å²) in [6.45, 7) is 4.67. The van der Waals surface area contributed by atoms with E-state index in [1.165, 1.54) is 12.1 Å². The topological polar surface area (TPSA) is 90.3 Å². The van der Waals surface area contributed by atoms with Crippen molar-refractivity contribution in [2.75, 3.05) is 19.7 Å². The largest absolute Gasteiger partial charge is 0.451 e. The first kappa shape index (κ1) is 32.0. The van der Waals surface area contributed by atoms with E-state index in [4.69, 9.17) is 25.8 Å². The number of benzene rings is 3. The fourth-order valence-corrected chi connectivity index (χ4v) is 7.04. The van der Waals surface area contributed by atoms with Crippen molar-refractivity contribution in [3.8, 4) is 22.9 Å². The summed E-state index contributed by atoms with van der Waals surface area (Å²) in [4.78, 5) is 10.4. The van der Waals surface area contributed by atoms with Gasteiger partial charge in [-0.25, -0.2) is 18.7 Å². The van der Waals surface area contributed by atoms with Crippen LogP contribution in [-0.2, 0) is 29.8 Å². The van der Waals surface area contributed by atoms with Crippen LogP contribution in [0.3, 0.4) is 0 Å². The number of piperidine rings is 1. The van der Waals surface area contributed by atoms with E-state index in [1.54, 1.807) is 25.1 Å². The number of nitrogens with zero attached hydrogens (tertiary/aromatic N) is 5. The molecule has 3 aliphatic rings. The number of likely N-dealkylation sites (tertiary alicyclic amines) is 1. The lowest BCUT2D eigenvalue weighted by atomic mass is 9.88. The minimum atomic E-state index is -4.74. The third-order valence-corrected chi connectivity index (χ3v) is 9.77. The second kappa shape index (κ2) is 12.0. The SMILES string of the molecule is CC1(c2ccc(Cl)cc2F)Oc2cccc(C3CCN(Cc4nc5c(F)c(-c6n[nH]c(C(F)(F)F)n6)ccc5n4C[C@@H]4CCO4)CC3)c2O1. The van der Waals surface area contributed by atoms with Gasteiger partial charge in [0.15, 0.2) is 23.1 Å². The first-order valence-corrected chi connectivity index (χ1v) is 16.3. The van der Waals surface area contributed by atoms with E-state index in [-0.39, 0.29) is 33.7 Å². The Hall–Kier alpha value is -4.27. The highest BCUT2D eigenvalue weighted by molar-refractivity contribution is 6.30. The molecule has 0 spiro atoms. The van der Waals surface area contributed by atoms with E-state index in [2.05, 4.69) is 20.0 Å². The number of aromatic nitrogens is 5. The van der Waals surface area contributed by atoms with Crippen LogP contribution in [0.25, 0.3) is 22.4 Å². The average Bonchev–Trinajstić information content (AvgIpc) is 3.75. The van der Waals surface area contributed by atoms with Crippen LogP contribution in [0.5, 0.6) is 11.5 Å². The van der Waals surface area contributed by atoms with Crippen LogP contribution >= 0.6 is 11.6 Å². The van der Waals surface area contributed by atoms with E-state index in [0.29, 0.717) is 55.6 Å². The minimum Gasteiger partial charge on any atom is -0.444 e. The molecule has 256 valence electrons. The van der Waals surface area contributed by atoms with Crippen molar-refractivity contribution in [3.63, 3.8) is 0 Å². The van der Waals surface area contributed by atoms with Crippen molar-refractivity contribution in [2.24, 2.45) is 0 Å². The number of hydrogen-bond donors (Lipinski definition) is 1. The summed E-state index contributed by atoms with van der Waals surface area (Å²) in [6, 6.07) is 13.1. The summed E-state index contributed by atoms with van der Waals surface area (Å²) in [7, 11) is 0. The lowest BCUT2D eigenvalue weighted by Crippen LogP contribution is -2.35. The van der Waals surface area contributed by atoms with Gasteiger partial charge in [0.25, 0.3) is 5.79 Å². The normalized spacial score (nSPS) is 21.4. The van der Waals surface area contributed by atoms with Crippen LogP contribution in [-0.4, -0.2) is 55.4 Å². The Bertz CT molecular complexity index is 2060. The molecule has 8 rings (SSSR count). The van der Waals surface area contributed by atoms with Crippen LogP contribution in [0.4, 0.5) is 22.0 Å². The standard InChI is InChI=1S/C34H30ClF5N6O3/c1-33(23-7-5-19(35)15-24(23)36)48-26-4-2-3-21(30(26)49-33)18-9-12-45(13-10-18)17-27-41-29-25(46(27)16-20-11-14-47-20)8-6-22(28(29)37)31-42-32(44-43-31)34(38,39)40/h2-8,15,18,20H,9-14,16-17H2,1H3,(H,42,43,44)/t20-,33?/m0/s1. The Labute approximate surface area is 281 Å². The molecule has 0 aliphatic carbocycles. The second-order valence-electron chi connectivity index (χ2n) is 12.7. The number of fused-ring (bicyclic) bond motifs is 2. The quantitative estimate of drug-likeness (QED) is 0.175. The van der Waals surface area contributed by atoms with Crippen LogP contribution in [0.1, 0.15) is 54.9 Å². The predicted octanol–water partition coefficient (Wildman–Crippen LogP) is 7.58. The average molecular weight is 701 g/mol. The number of ether oxygens (including phenoxy) is 3. The Morgan fingerprint density at radius 1 is 1.02 bits per heavy atom. The molecule has 0 bridgehead atoms. The van der Waals surface area contributed by atoms with Gasteiger partial charge < -0.3 is 18.8 Å². The van der Waals surface area contributed by atoms with Crippen LogP contribution < -0.4 is 9.47 Å². The van der Waals surface area contributed by atoms with Crippen molar-refractivity contribution in [1.82, 2.24) is 29.6 Å². The minimum absolute atomic E-state index is 0.0391. The van der Waals surface area contributed by atoms with E-state index >= 15 is 4.39 Å². The highest BCUT2D eigenvalue weighted by Crippen LogP contribution is 2.50. The van der Waals surface area contributed by atoms with Gasteiger partial charge in [0.2, 0.25) is 5.82 Å². The molecular formula is C34H30ClF5N6O3. The summed E-state index contributed by atoms with van der Waals surface area (Å²) in [5, 5.41) is 5.72. The molecule has 0 amide bonds. The number of halogens is 6. The summed E-state index contributed by atoms with van der Waals surface area (Å²) in [5.74, 6) is -2.43. The van der Waals surface area contributed by atoms with E-state index in [9.17, 15) is 17.6 Å². The predicted molar refractivity (Wildman–Crippen MR) is 168 cm³/mol. The van der Waals surface area contributed by atoms with Crippen LogP contribution in [0.2, 0.25) is 5.02 Å². The van der Waals surface area contributed by atoms with E-state index in [0.717, 1.165) is 24.8 Å². The Balaban J connectivity index is 1.02. The number of imidazole rings is 1. The maximum Gasteiger partial charge on any atom is 0.451 e. The van der Waals surface area contributed by atoms with E-state index in [1.807, 2.05) is 27.9 Å². The highest BCUT2D eigenvalue weighted by atomic mass is 35.5. The number of alkyl halides is 3. The lowest BCUT2D eigenvalue weighted by Gasteiger charge is -2.33. The van der Waals surface area contributed by atoms with Gasteiger partial charge in [0, 0.05) is 24.1 Å². The van der Waals surface area contributed by atoms with Crippen molar-refractivity contribution in [3.05, 3.63) is 88.0 Å². The summed E-state index contributed by atoms with van der Waals surface area (Å²) < 4.78 is 90.2. The molecule has 1 N–H and O–H groups in total. The smallest absolute Gasteiger partial charge is 0.444 e. The van der Waals surface area contributed by atoms with Gasteiger partial charge in [-0.05, 0) is 74.7 Å². The first-order chi connectivity index (χ1) is 23.5. The Kier molecular flexibility index (Phi) is 7.80. The van der Waals surface area contributed by atoms with Crippen LogP contribution in [0.15, 0.2) is 48.5 Å². The number of rotatable bonds is 7.